The first-order chi connectivity index (χ1) is 18.9. The molecule has 0 aliphatic heterocycles. The molecule has 1 atom stereocenters. The fraction of sp³-hybridized carbons (Fsp3) is 0.161. The molecule has 0 radical (unpaired) electrons. The number of hydrogen-bond donors (Lipinski definition) is 1. The summed E-state index contributed by atoms with van der Waals surface area (Å²) in [4.78, 5) is 29.3. The Labute approximate surface area is 231 Å². The third-order valence-electron chi connectivity index (χ3n) is 6.20. The summed E-state index contributed by atoms with van der Waals surface area (Å²) in [6.07, 6.45) is 0.0747. The zero-order valence-corrected chi connectivity index (χ0v) is 22.3. The predicted octanol–water partition coefficient (Wildman–Crippen LogP) is 6.45. The molecule has 2 amide bonds. The van der Waals surface area contributed by atoms with E-state index in [1.165, 1.54) is 31.3 Å². The molecule has 39 heavy (non-hydrogen) atoms. The fourth-order valence-electron chi connectivity index (χ4n) is 4.20. The van der Waals surface area contributed by atoms with Gasteiger partial charge < -0.3 is 19.7 Å². The number of nitrogens with one attached hydrogen (secondary N) is 1. The third kappa shape index (κ3) is 7.15. The van der Waals surface area contributed by atoms with Crippen LogP contribution in [0, 0.1) is 5.82 Å². The van der Waals surface area contributed by atoms with Crippen molar-refractivity contribution >= 4 is 29.1 Å². The molecule has 8 heteroatoms. The molecular weight excluding hydrogens is 519 g/mol. The van der Waals surface area contributed by atoms with Crippen molar-refractivity contribution in [3.05, 3.63) is 125 Å². The van der Waals surface area contributed by atoms with Crippen LogP contribution in [0.3, 0.4) is 0 Å². The Kier molecular flexibility index (Phi) is 9.18. The Morgan fingerprint density at radius 2 is 1.56 bits per heavy atom. The average molecular weight is 547 g/mol. The summed E-state index contributed by atoms with van der Waals surface area (Å²) in [7, 11) is 3.03. The molecule has 0 heterocycles. The number of carbonyl (C=O) groups excluding carboxylic acids is 2. The largest absolute Gasteiger partial charge is 0.497 e. The van der Waals surface area contributed by atoms with Gasteiger partial charge in [0.15, 0.2) is 0 Å². The van der Waals surface area contributed by atoms with Crippen molar-refractivity contribution in [1.82, 2.24) is 4.90 Å². The van der Waals surface area contributed by atoms with E-state index >= 15 is 0 Å². The topological polar surface area (TPSA) is 67.9 Å². The molecule has 0 aliphatic carbocycles. The lowest BCUT2D eigenvalue weighted by Crippen LogP contribution is -2.41. The van der Waals surface area contributed by atoms with Crippen LogP contribution in [0.5, 0.6) is 11.5 Å². The van der Waals surface area contributed by atoms with Crippen LogP contribution in [0.4, 0.5) is 10.1 Å². The van der Waals surface area contributed by atoms with Crippen molar-refractivity contribution in [2.75, 3.05) is 19.5 Å². The number of anilines is 1. The van der Waals surface area contributed by atoms with Gasteiger partial charge in [-0.2, -0.15) is 0 Å². The van der Waals surface area contributed by atoms with E-state index in [0.717, 1.165) is 5.56 Å². The Bertz CT molecular complexity index is 1410. The van der Waals surface area contributed by atoms with Gasteiger partial charge in [0.25, 0.3) is 5.91 Å². The lowest BCUT2D eigenvalue weighted by atomic mass is 10.0. The first kappa shape index (κ1) is 27.7. The smallest absolute Gasteiger partial charge is 0.251 e. The first-order valence-electron chi connectivity index (χ1n) is 12.2. The van der Waals surface area contributed by atoms with Crippen molar-refractivity contribution in [2.24, 2.45) is 0 Å². The number of ether oxygens (including phenoxy) is 2. The van der Waals surface area contributed by atoms with Gasteiger partial charge in [-0.15, -0.1) is 0 Å². The minimum absolute atomic E-state index is 0.0747. The zero-order chi connectivity index (χ0) is 27.8. The molecule has 0 saturated carbocycles. The minimum Gasteiger partial charge on any atom is -0.497 e. The SMILES string of the molecule is COc1ccc(NC(=O)C(c2ccc(Cl)cc2)N(Cc2ccc(F)cc2)C(=O)Cc2ccccc2)c(OC)c1. The van der Waals surface area contributed by atoms with Crippen LogP contribution in [-0.2, 0) is 22.6 Å². The molecule has 0 bridgehead atoms. The Morgan fingerprint density at radius 3 is 2.21 bits per heavy atom. The average Bonchev–Trinajstić information content (AvgIpc) is 2.95. The van der Waals surface area contributed by atoms with Gasteiger partial charge in [0, 0.05) is 17.6 Å². The highest BCUT2D eigenvalue weighted by Crippen LogP contribution is 2.32. The second-order valence-electron chi connectivity index (χ2n) is 8.82. The highest BCUT2D eigenvalue weighted by molar-refractivity contribution is 6.30. The van der Waals surface area contributed by atoms with E-state index in [2.05, 4.69) is 5.32 Å². The highest BCUT2D eigenvalue weighted by atomic mass is 35.5. The molecule has 0 fully saturated rings. The first-order valence-corrected chi connectivity index (χ1v) is 12.6. The summed E-state index contributed by atoms with van der Waals surface area (Å²) in [5.41, 5.74) is 2.46. The van der Waals surface area contributed by atoms with Crippen LogP contribution >= 0.6 is 11.6 Å². The number of amides is 2. The zero-order valence-electron chi connectivity index (χ0n) is 21.6. The summed E-state index contributed by atoms with van der Waals surface area (Å²) < 4.78 is 24.4. The summed E-state index contributed by atoms with van der Waals surface area (Å²) >= 11 is 6.14. The second-order valence-corrected chi connectivity index (χ2v) is 9.26. The Balaban J connectivity index is 1.75. The van der Waals surface area contributed by atoms with E-state index in [0.29, 0.717) is 33.3 Å². The number of rotatable bonds is 10. The number of nitrogens with zero attached hydrogens (tertiary/aromatic N) is 1. The molecule has 4 rings (SSSR count). The van der Waals surface area contributed by atoms with E-state index in [4.69, 9.17) is 21.1 Å². The van der Waals surface area contributed by atoms with Crippen molar-refractivity contribution in [3.63, 3.8) is 0 Å². The van der Waals surface area contributed by atoms with Gasteiger partial charge in [-0.3, -0.25) is 9.59 Å². The molecule has 1 N–H and O–H groups in total. The lowest BCUT2D eigenvalue weighted by Gasteiger charge is -2.32. The van der Waals surface area contributed by atoms with Gasteiger partial charge in [0.05, 0.1) is 26.3 Å². The lowest BCUT2D eigenvalue weighted by molar-refractivity contribution is -0.139. The second kappa shape index (κ2) is 12.9. The summed E-state index contributed by atoms with van der Waals surface area (Å²) in [5, 5.41) is 3.41. The Morgan fingerprint density at radius 1 is 0.872 bits per heavy atom. The maximum absolute atomic E-state index is 14.0. The van der Waals surface area contributed by atoms with Crippen LogP contribution in [0.15, 0.2) is 97.1 Å². The third-order valence-corrected chi connectivity index (χ3v) is 6.45. The van der Waals surface area contributed by atoms with E-state index in [1.54, 1.807) is 54.6 Å². The van der Waals surface area contributed by atoms with E-state index in [-0.39, 0.29) is 24.7 Å². The Hall–Kier alpha value is -4.36. The maximum atomic E-state index is 14.0. The van der Waals surface area contributed by atoms with Crippen LogP contribution < -0.4 is 14.8 Å². The number of benzene rings is 4. The molecule has 0 spiro atoms. The molecule has 4 aromatic rings. The number of carbonyl (C=O) groups is 2. The van der Waals surface area contributed by atoms with Crippen LogP contribution in [0.2, 0.25) is 5.02 Å². The predicted molar refractivity (Wildman–Crippen MR) is 149 cm³/mol. The molecule has 0 aromatic heterocycles. The molecule has 1 unspecified atom stereocenters. The van der Waals surface area contributed by atoms with Crippen molar-refractivity contribution in [2.45, 2.75) is 19.0 Å². The van der Waals surface area contributed by atoms with Crippen LogP contribution in [0.25, 0.3) is 0 Å². The molecule has 0 aliphatic rings. The van der Waals surface area contributed by atoms with Crippen molar-refractivity contribution in [1.29, 1.82) is 0 Å². The quantitative estimate of drug-likeness (QED) is 0.248. The van der Waals surface area contributed by atoms with Crippen molar-refractivity contribution in [3.8, 4) is 11.5 Å². The normalized spacial score (nSPS) is 11.4. The van der Waals surface area contributed by atoms with E-state index in [9.17, 15) is 14.0 Å². The molecule has 200 valence electrons. The number of methoxy groups -OCH3 is 2. The van der Waals surface area contributed by atoms with Crippen molar-refractivity contribution < 1.29 is 23.5 Å². The molecule has 4 aromatic carbocycles. The highest BCUT2D eigenvalue weighted by Gasteiger charge is 2.32. The molecule has 6 nitrogen and oxygen atoms in total. The number of hydrogen-bond acceptors (Lipinski definition) is 4. The monoisotopic (exact) mass is 546 g/mol. The van der Waals surface area contributed by atoms with Gasteiger partial charge in [-0.05, 0) is 53.1 Å². The maximum Gasteiger partial charge on any atom is 0.251 e. The number of halogens is 2. The molecular formula is C31H28ClFN2O4. The van der Waals surface area contributed by atoms with Gasteiger partial charge in [0.1, 0.15) is 23.4 Å². The van der Waals surface area contributed by atoms with Gasteiger partial charge >= 0.3 is 0 Å². The standard InChI is InChI=1S/C31H28ClFN2O4/c1-38-26-16-17-27(28(19-26)39-2)34-31(37)30(23-10-12-24(32)13-11-23)35(20-22-8-14-25(33)15-9-22)29(36)18-21-6-4-3-5-7-21/h3-17,19,30H,18,20H2,1-2H3,(H,34,37). The van der Waals surface area contributed by atoms with Gasteiger partial charge in [-0.1, -0.05) is 66.2 Å². The van der Waals surface area contributed by atoms with Gasteiger partial charge in [0.2, 0.25) is 5.91 Å². The summed E-state index contributed by atoms with van der Waals surface area (Å²) in [5.74, 6) is -0.153. The minimum atomic E-state index is -1.03. The van der Waals surface area contributed by atoms with E-state index in [1.807, 2.05) is 30.3 Å². The fourth-order valence-corrected chi connectivity index (χ4v) is 4.33. The summed E-state index contributed by atoms with van der Waals surface area (Å²) in [6.45, 7) is 0.0758. The summed E-state index contributed by atoms with van der Waals surface area (Å²) in [6, 6.07) is 25.9. The van der Waals surface area contributed by atoms with Crippen LogP contribution in [0.1, 0.15) is 22.7 Å². The molecule has 0 saturated heterocycles. The van der Waals surface area contributed by atoms with Crippen LogP contribution in [-0.4, -0.2) is 30.9 Å². The van der Waals surface area contributed by atoms with E-state index < -0.39 is 11.9 Å². The van der Waals surface area contributed by atoms with Gasteiger partial charge in [-0.25, -0.2) is 4.39 Å².